The van der Waals surface area contributed by atoms with Crippen molar-refractivity contribution in [3.05, 3.63) is 71.9 Å². The van der Waals surface area contributed by atoms with Crippen LogP contribution in [-0.4, -0.2) is 16.5 Å². The third-order valence-corrected chi connectivity index (χ3v) is 4.71. The molecule has 3 nitrogen and oxygen atoms in total. The lowest BCUT2D eigenvalue weighted by Crippen LogP contribution is -2.26. The number of hydrogen-bond acceptors (Lipinski definition) is 1. The Hall–Kier alpha value is -2.55. The number of fused-ring (bicyclic) bond motifs is 1. The Kier molecular flexibility index (Phi) is 3.41. The molecule has 2 aromatic carbocycles. The molecule has 3 aromatic rings. The van der Waals surface area contributed by atoms with Crippen LogP contribution < -0.4 is 5.32 Å². The van der Waals surface area contributed by atoms with Crippen molar-refractivity contribution in [3.63, 3.8) is 0 Å². The van der Waals surface area contributed by atoms with Crippen LogP contribution in [-0.2, 0) is 6.54 Å². The summed E-state index contributed by atoms with van der Waals surface area (Å²) < 4.78 is 2.18. The van der Waals surface area contributed by atoms with E-state index >= 15 is 0 Å². The second-order valence-electron chi connectivity index (χ2n) is 6.21. The van der Waals surface area contributed by atoms with Gasteiger partial charge in [-0.3, -0.25) is 4.79 Å². The van der Waals surface area contributed by atoms with Gasteiger partial charge >= 0.3 is 0 Å². The topological polar surface area (TPSA) is 34.0 Å². The molecule has 3 heteroatoms. The van der Waals surface area contributed by atoms with E-state index in [1.165, 1.54) is 11.1 Å². The van der Waals surface area contributed by atoms with Crippen molar-refractivity contribution in [1.82, 2.24) is 9.88 Å². The lowest BCUT2D eigenvalue weighted by molar-refractivity contribution is 0.0950. The van der Waals surface area contributed by atoms with Crippen LogP contribution in [0.1, 0.15) is 35.2 Å². The van der Waals surface area contributed by atoms with E-state index in [1.54, 1.807) is 0 Å². The Balaban J connectivity index is 1.48. The van der Waals surface area contributed by atoms with Gasteiger partial charge in [-0.05, 0) is 43.2 Å². The van der Waals surface area contributed by atoms with Crippen LogP contribution in [0.4, 0.5) is 0 Å². The quantitative estimate of drug-likeness (QED) is 0.778. The van der Waals surface area contributed by atoms with E-state index in [1.807, 2.05) is 24.3 Å². The molecule has 0 bridgehead atoms. The minimum atomic E-state index is 0.0274. The number of benzene rings is 2. The van der Waals surface area contributed by atoms with Crippen LogP contribution in [0.3, 0.4) is 0 Å². The number of carbonyl (C=O) groups excluding carboxylic acids is 1. The van der Waals surface area contributed by atoms with E-state index in [0.717, 1.165) is 23.9 Å². The van der Waals surface area contributed by atoms with Crippen molar-refractivity contribution in [3.8, 4) is 0 Å². The molecule has 0 saturated heterocycles. The molecule has 116 valence electrons. The Morgan fingerprint density at radius 1 is 1.17 bits per heavy atom. The summed E-state index contributed by atoms with van der Waals surface area (Å²) >= 11 is 0. The van der Waals surface area contributed by atoms with Gasteiger partial charge in [0, 0.05) is 41.2 Å². The molecule has 1 heterocycles. The average Bonchev–Trinajstić information content (AvgIpc) is 3.23. The number of amides is 1. The van der Waals surface area contributed by atoms with Gasteiger partial charge in [0.05, 0.1) is 0 Å². The standard InChI is InChI=1S/C20H20N2O/c1-2-22-11-10-15-12-16(8-9-19(15)22)20(23)21-18-13-17(18)14-6-4-3-5-7-14/h3-12,17-18H,2,13H2,1H3,(H,21,23)/t17-,18+/m0/s1. The largest absolute Gasteiger partial charge is 0.349 e. The summed E-state index contributed by atoms with van der Waals surface area (Å²) in [5.41, 5.74) is 3.23. The van der Waals surface area contributed by atoms with E-state index in [4.69, 9.17) is 0 Å². The highest BCUT2D eigenvalue weighted by atomic mass is 16.1. The number of nitrogens with one attached hydrogen (secondary N) is 1. The molecule has 0 aliphatic heterocycles. The Labute approximate surface area is 135 Å². The SMILES string of the molecule is CCn1ccc2cc(C(=O)N[C@@H]3C[C@H]3c3ccccc3)ccc21. The highest BCUT2D eigenvalue weighted by molar-refractivity contribution is 5.98. The maximum atomic E-state index is 12.5. The van der Waals surface area contributed by atoms with Crippen LogP contribution in [0.2, 0.25) is 0 Å². The fourth-order valence-electron chi connectivity index (χ4n) is 3.29. The molecule has 1 saturated carbocycles. The normalized spacial score (nSPS) is 19.7. The van der Waals surface area contributed by atoms with Gasteiger partial charge in [-0.2, -0.15) is 0 Å². The predicted molar refractivity (Wildman–Crippen MR) is 92.7 cm³/mol. The maximum absolute atomic E-state index is 12.5. The molecule has 1 aliphatic carbocycles. The van der Waals surface area contributed by atoms with Crippen LogP contribution in [0, 0.1) is 0 Å². The second-order valence-corrected chi connectivity index (χ2v) is 6.21. The van der Waals surface area contributed by atoms with Gasteiger partial charge in [0.25, 0.3) is 5.91 Å². The van der Waals surface area contributed by atoms with Crippen molar-refractivity contribution in [2.24, 2.45) is 0 Å². The Bertz CT molecular complexity index is 850. The summed E-state index contributed by atoms with van der Waals surface area (Å²) in [4.78, 5) is 12.5. The van der Waals surface area contributed by atoms with Gasteiger partial charge in [0.1, 0.15) is 0 Å². The zero-order valence-electron chi connectivity index (χ0n) is 13.2. The number of carbonyl (C=O) groups is 1. The van der Waals surface area contributed by atoms with Gasteiger partial charge in [-0.1, -0.05) is 30.3 Å². The van der Waals surface area contributed by atoms with E-state index in [0.29, 0.717) is 5.92 Å². The van der Waals surface area contributed by atoms with Gasteiger partial charge in [0.2, 0.25) is 0 Å². The summed E-state index contributed by atoms with van der Waals surface area (Å²) in [6, 6.07) is 18.7. The zero-order valence-corrected chi connectivity index (χ0v) is 13.2. The first-order valence-corrected chi connectivity index (χ1v) is 8.21. The van der Waals surface area contributed by atoms with E-state index in [2.05, 4.69) is 53.3 Å². The van der Waals surface area contributed by atoms with E-state index in [9.17, 15) is 4.79 Å². The summed E-state index contributed by atoms with van der Waals surface area (Å²) in [5.74, 6) is 0.490. The van der Waals surface area contributed by atoms with Gasteiger partial charge in [-0.15, -0.1) is 0 Å². The molecule has 0 spiro atoms. The number of nitrogens with zero attached hydrogens (tertiary/aromatic N) is 1. The summed E-state index contributed by atoms with van der Waals surface area (Å²) in [5, 5.41) is 4.28. The molecular weight excluding hydrogens is 284 g/mol. The van der Waals surface area contributed by atoms with Crippen LogP contribution in [0.15, 0.2) is 60.8 Å². The zero-order chi connectivity index (χ0) is 15.8. The van der Waals surface area contributed by atoms with Crippen molar-refractivity contribution in [1.29, 1.82) is 0 Å². The third kappa shape index (κ3) is 2.63. The number of rotatable bonds is 4. The second kappa shape index (κ2) is 5.58. The van der Waals surface area contributed by atoms with Crippen LogP contribution in [0.25, 0.3) is 10.9 Å². The predicted octanol–water partition coefficient (Wildman–Crippen LogP) is 3.95. The van der Waals surface area contributed by atoms with Gasteiger partial charge in [0.15, 0.2) is 0 Å². The molecule has 1 N–H and O–H groups in total. The smallest absolute Gasteiger partial charge is 0.251 e. The van der Waals surface area contributed by atoms with E-state index < -0.39 is 0 Å². The molecule has 1 fully saturated rings. The molecule has 23 heavy (non-hydrogen) atoms. The summed E-state index contributed by atoms with van der Waals surface area (Å²) in [7, 11) is 0. The van der Waals surface area contributed by atoms with Crippen molar-refractivity contribution >= 4 is 16.8 Å². The lowest BCUT2D eigenvalue weighted by atomic mass is 10.1. The van der Waals surface area contributed by atoms with Crippen LogP contribution in [0.5, 0.6) is 0 Å². The Morgan fingerprint density at radius 2 is 2.00 bits per heavy atom. The fraction of sp³-hybridized carbons (Fsp3) is 0.250. The minimum Gasteiger partial charge on any atom is -0.349 e. The fourth-order valence-corrected chi connectivity index (χ4v) is 3.29. The molecule has 2 atom stereocenters. The summed E-state index contributed by atoms with van der Waals surface area (Å²) in [6.45, 7) is 3.06. The molecule has 0 radical (unpaired) electrons. The third-order valence-electron chi connectivity index (χ3n) is 4.71. The maximum Gasteiger partial charge on any atom is 0.251 e. The molecule has 1 amide bonds. The van der Waals surface area contributed by atoms with Crippen molar-refractivity contribution < 1.29 is 4.79 Å². The Morgan fingerprint density at radius 3 is 2.78 bits per heavy atom. The van der Waals surface area contributed by atoms with Gasteiger partial charge < -0.3 is 9.88 Å². The minimum absolute atomic E-state index is 0.0274. The summed E-state index contributed by atoms with van der Waals surface area (Å²) in [6.07, 6.45) is 3.10. The first-order valence-electron chi connectivity index (χ1n) is 8.21. The lowest BCUT2D eigenvalue weighted by Gasteiger charge is -2.06. The first kappa shape index (κ1) is 14.1. The monoisotopic (exact) mass is 304 g/mol. The first-order chi connectivity index (χ1) is 11.3. The van der Waals surface area contributed by atoms with Crippen molar-refractivity contribution in [2.75, 3.05) is 0 Å². The molecular formula is C20H20N2O. The molecule has 0 unspecified atom stereocenters. The number of hydrogen-bond donors (Lipinski definition) is 1. The van der Waals surface area contributed by atoms with Crippen molar-refractivity contribution in [2.45, 2.75) is 31.8 Å². The van der Waals surface area contributed by atoms with Gasteiger partial charge in [-0.25, -0.2) is 0 Å². The highest BCUT2D eigenvalue weighted by Crippen LogP contribution is 2.40. The number of aromatic nitrogens is 1. The van der Waals surface area contributed by atoms with Crippen LogP contribution >= 0.6 is 0 Å². The molecule has 1 aliphatic rings. The number of aryl methyl sites for hydroxylation is 1. The molecule has 1 aromatic heterocycles. The highest BCUT2D eigenvalue weighted by Gasteiger charge is 2.39. The average molecular weight is 304 g/mol. The van der Waals surface area contributed by atoms with E-state index in [-0.39, 0.29) is 11.9 Å². The molecule has 4 rings (SSSR count).